The normalized spacial score (nSPS) is 9.00. The summed E-state index contributed by atoms with van der Waals surface area (Å²) in [5.41, 5.74) is 0. The van der Waals surface area contributed by atoms with Gasteiger partial charge in [-0.2, -0.15) is 0 Å². The Bertz CT molecular complexity index is 102. The fraction of sp³-hybridized carbons (Fsp3) is 1.00. The maximum Gasteiger partial charge on any atom is -0.0533 e. The Kier molecular flexibility index (Phi) is 44.1. The molecule has 0 atom stereocenters. The van der Waals surface area contributed by atoms with E-state index in [-0.39, 0.29) is 12.3 Å². The second kappa shape index (κ2) is 31.4. The van der Waals surface area contributed by atoms with Crippen molar-refractivity contribution in [1.82, 2.24) is 12.3 Å². The van der Waals surface area contributed by atoms with Crippen molar-refractivity contribution in [3.05, 3.63) is 0 Å². The van der Waals surface area contributed by atoms with Crippen molar-refractivity contribution in [1.29, 1.82) is 0 Å². The topological polar surface area (TPSA) is 70.0 Å². The van der Waals surface area contributed by atoms with Crippen molar-refractivity contribution in [2.75, 3.05) is 0 Å². The molecule has 0 aliphatic rings. The molecule has 0 aromatic carbocycles. The zero-order chi connectivity index (χ0) is 13.9. The van der Waals surface area contributed by atoms with Crippen LogP contribution < -0.4 is 12.3 Å². The van der Waals surface area contributed by atoms with E-state index in [1.165, 1.54) is 89.9 Å². The van der Waals surface area contributed by atoms with Crippen LogP contribution in [-0.2, 0) is 0 Å². The lowest BCUT2D eigenvalue weighted by Crippen LogP contribution is -1.77. The molecule has 0 saturated heterocycles. The average Bonchev–Trinajstić information content (AvgIpc) is 2.40. The van der Waals surface area contributed by atoms with Crippen LogP contribution in [0.25, 0.3) is 0 Å². The predicted octanol–water partition coefficient (Wildman–Crippen LogP) is 7.84. The molecule has 0 heterocycles. The Morgan fingerprint density at radius 2 is 0.450 bits per heavy atom. The monoisotopic (exact) mass is 290 g/mol. The molecule has 0 unspecified atom stereocenters. The molecule has 0 rings (SSSR count). The van der Waals surface area contributed by atoms with Crippen LogP contribution in [0.1, 0.15) is 118 Å². The van der Waals surface area contributed by atoms with Gasteiger partial charge in [-0.25, -0.2) is 0 Å². The van der Waals surface area contributed by atoms with Crippen LogP contribution in [0, 0.1) is 0 Å². The molecule has 20 heavy (non-hydrogen) atoms. The first-order valence-corrected chi connectivity index (χ1v) is 8.83. The van der Waals surface area contributed by atoms with E-state index in [1.54, 1.807) is 0 Å². The van der Waals surface area contributed by atoms with Gasteiger partial charge >= 0.3 is 0 Å². The second-order valence-electron chi connectivity index (χ2n) is 5.54. The maximum absolute atomic E-state index is 2.27. The third-order valence-electron chi connectivity index (χ3n) is 3.41. The summed E-state index contributed by atoms with van der Waals surface area (Å²) in [6.07, 6.45) is 19.9. The van der Waals surface area contributed by atoms with Crippen LogP contribution in [0.4, 0.5) is 0 Å². The van der Waals surface area contributed by atoms with Gasteiger partial charge < -0.3 is 12.3 Å². The van der Waals surface area contributed by atoms with Crippen LogP contribution in [0.2, 0.25) is 0 Å². The lowest BCUT2D eigenvalue weighted by Gasteiger charge is -1.97. The van der Waals surface area contributed by atoms with Crippen LogP contribution in [0.15, 0.2) is 0 Å². The highest BCUT2D eigenvalue weighted by Gasteiger charge is 1.87. The molecule has 0 saturated carbocycles. The molecule has 0 amide bonds. The Labute approximate surface area is 130 Å². The second-order valence-corrected chi connectivity index (χ2v) is 5.54. The lowest BCUT2D eigenvalue weighted by atomic mass is 10.1. The minimum atomic E-state index is 0. The Balaban J connectivity index is -0.000000119. The molecule has 0 bridgehead atoms. The van der Waals surface area contributed by atoms with Crippen LogP contribution in [-0.4, -0.2) is 0 Å². The van der Waals surface area contributed by atoms with E-state index in [2.05, 4.69) is 27.7 Å². The van der Waals surface area contributed by atoms with E-state index in [9.17, 15) is 0 Å². The number of hydrogen-bond donors (Lipinski definition) is 2. The van der Waals surface area contributed by atoms with E-state index in [0.29, 0.717) is 0 Å². The Hall–Kier alpha value is -0.0800. The molecule has 0 aliphatic carbocycles. The molecule has 0 aromatic rings. The summed E-state index contributed by atoms with van der Waals surface area (Å²) in [4.78, 5) is 0. The summed E-state index contributed by atoms with van der Waals surface area (Å²) >= 11 is 0. The lowest BCUT2D eigenvalue weighted by molar-refractivity contribution is 0.585. The molecule has 2 heteroatoms. The highest BCUT2D eigenvalue weighted by Crippen LogP contribution is 2.07. The molecule has 128 valence electrons. The number of unbranched alkanes of at least 4 members (excludes halogenated alkanes) is 12. The Morgan fingerprint density at radius 3 is 0.600 bits per heavy atom. The van der Waals surface area contributed by atoms with Crippen LogP contribution in [0.3, 0.4) is 0 Å². The number of rotatable bonds is 12. The van der Waals surface area contributed by atoms with Crippen LogP contribution >= 0.6 is 0 Å². The standard InChI is InChI=1S/C10H22.C8H18.2H3N/c1-3-5-7-9-10-8-6-4-2;1-3-5-7-8-6-4-2;;/h3-10H2,1-2H3;3-8H2,1-2H3;2*1H3. The van der Waals surface area contributed by atoms with Gasteiger partial charge in [-0.15, -0.1) is 0 Å². The largest absolute Gasteiger partial charge is 0.344 e. The van der Waals surface area contributed by atoms with Gasteiger partial charge in [-0.1, -0.05) is 118 Å². The molecule has 0 aliphatic heterocycles. The Morgan fingerprint density at radius 1 is 0.300 bits per heavy atom. The van der Waals surface area contributed by atoms with E-state index < -0.39 is 0 Å². The van der Waals surface area contributed by atoms with Gasteiger partial charge in [0.25, 0.3) is 0 Å². The van der Waals surface area contributed by atoms with Crippen molar-refractivity contribution in [2.24, 2.45) is 0 Å². The van der Waals surface area contributed by atoms with Gasteiger partial charge in [-0.3, -0.25) is 0 Å². The first-order valence-electron chi connectivity index (χ1n) is 8.83. The molecule has 0 spiro atoms. The highest BCUT2D eigenvalue weighted by molar-refractivity contribution is 4.43. The van der Waals surface area contributed by atoms with E-state index in [4.69, 9.17) is 0 Å². The minimum absolute atomic E-state index is 0. The van der Waals surface area contributed by atoms with Crippen molar-refractivity contribution in [3.63, 3.8) is 0 Å². The number of hydrogen-bond acceptors (Lipinski definition) is 2. The predicted molar refractivity (Wildman–Crippen MR) is 97.4 cm³/mol. The van der Waals surface area contributed by atoms with Gasteiger partial charge in [0.05, 0.1) is 0 Å². The maximum atomic E-state index is 2.27. The van der Waals surface area contributed by atoms with Crippen molar-refractivity contribution >= 4 is 0 Å². The highest BCUT2D eigenvalue weighted by atomic mass is 14.0. The molecule has 0 radical (unpaired) electrons. The first kappa shape index (κ1) is 28.1. The minimum Gasteiger partial charge on any atom is -0.344 e. The summed E-state index contributed by atoms with van der Waals surface area (Å²) in [6.45, 7) is 9.05. The molecule has 6 N–H and O–H groups in total. The summed E-state index contributed by atoms with van der Waals surface area (Å²) in [5, 5.41) is 0. The summed E-state index contributed by atoms with van der Waals surface area (Å²) in [6, 6.07) is 0. The summed E-state index contributed by atoms with van der Waals surface area (Å²) in [7, 11) is 0. The summed E-state index contributed by atoms with van der Waals surface area (Å²) in [5.74, 6) is 0. The van der Waals surface area contributed by atoms with Gasteiger partial charge in [-0.05, 0) is 0 Å². The van der Waals surface area contributed by atoms with Gasteiger partial charge in [0.15, 0.2) is 0 Å². The zero-order valence-electron chi connectivity index (χ0n) is 15.3. The quantitative estimate of drug-likeness (QED) is 0.359. The molecular weight excluding hydrogens is 244 g/mol. The van der Waals surface area contributed by atoms with Gasteiger partial charge in [0.1, 0.15) is 0 Å². The van der Waals surface area contributed by atoms with Crippen molar-refractivity contribution in [3.8, 4) is 0 Å². The third kappa shape index (κ3) is 36.1. The molecule has 0 aromatic heterocycles. The fourth-order valence-electron chi connectivity index (χ4n) is 2.06. The first-order chi connectivity index (χ1) is 8.83. The van der Waals surface area contributed by atoms with Crippen molar-refractivity contribution in [2.45, 2.75) is 118 Å². The average molecular weight is 291 g/mol. The van der Waals surface area contributed by atoms with Gasteiger partial charge in [0.2, 0.25) is 0 Å². The smallest absolute Gasteiger partial charge is 0.0533 e. The third-order valence-corrected chi connectivity index (χ3v) is 3.41. The van der Waals surface area contributed by atoms with E-state index in [0.717, 1.165) is 0 Å². The van der Waals surface area contributed by atoms with E-state index >= 15 is 0 Å². The molecule has 0 fully saturated rings. The van der Waals surface area contributed by atoms with Gasteiger partial charge in [0, 0.05) is 0 Å². The molecule has 2 nitrogen and oxygen atoms in total. The molecular formula is C18H46N2. The van der Waals surface area contributed by atoms with Crippen molar-refractivity contribution < 1.29 is 0 Å². The SMILES string of the molecule is CCCCCCCC.CCCCCCCCCC.N.N. The van der Waals surface area contributed by atoms with E-state index in [1.807, 2.05) is 0 Å². The summed E-state index contributed by atoms with van der Waals surface area (Å²) < 4.78 is 0. The zero-order valence-corrected chi connectivity index (χ0v) is 15.3. The van der Waals surface area contributed by atoms with Crippen LogP contribution in [0.5, 0.6) is 0 Å². The fourth-order valence-corrected chi connectivity index (χ4v) is 2.06.